The Balaban J connectivity index is 2.02. The molecule has 0 spiro atoms. The van der Waals surface area contributed by atoms with Crippen molar-refractivity contribution in [2.45, 2.75) is 52.2 Å². The van der Waals surface area contributed by atoms with Crippen LogP contribution in [-0.2, 0) is 6.54 Å². The number of aryl methyl sites for hydroxylation is 2. The minimum atomic E-state index is -0.0556. The zero-order valence-corrected chi connectivity index (χ0v) is 9.74. The monoisotopic (exact) mass is 207 g/mol. The first-order chi connectivity index (χ1) is 7.16. The van der Waals surface area contributed by atoms with Gasteiger partial charge in [0.2, 0.25) is 0 Å². The van der Waals surface area contributed by atoms with Crippen LogP contribution in [-0.4, -0.2) is 15.8 Å². The maximum Gasteiger partial charge on any atom is 0.0543 e. The Kier molecular flexibility index (Phi) is 3.15. The smallest absolute Gasteiger partial charge is 0.0543 e. The number of aromatic nitrogens is 1. The summed E-state index contributed by atoms with van der Waals surface area (Å²) in [5, 5.41) is 9.64. The van der Waals surface area contributed by atoms with Gasteiger partial charge >= 0.3 is 0 Å². The van der Waals surface area contributed by atoms with E-state index in [1.54, 1.807) is 0 Å². The fraction of sp³-hybridized carbons (Fsp3) is 0.692. The average Bonchev–Trinajstić information content (AvgIpc) is 2.50. The van der Waals surface area contributed by atoms with E-state index in [1.807, 2.05) is 0 Å². The molecule has 15 heavy (non-hydrogen) atoms. The summed E-state index contributed by atoms with van der Waals surface area (Å²) in [6, 6.07) is 4.35. The van der Waals surface area contributed by atoms with E-state index in [2.05, 4.69) is 30.5 Å². The van der Waals surface area contributed by atoms with Crippen molar-refractivity contribution in [2.75, 3.05) is 0 Å². The average molecular weight is 207 g/mol. The van der Waals surface area contributed by atoms with Gasteiger partial charge in [-0.05, 0) is 51.2 Å². The Morgan fingerprint density at radius 1 is 1.27 bits per heavy atom. The zero-order chi connectivity index (χ0) is 10.8. The summed E-state index contributed by atoms with van der Waals surface area (Å²) in [4.78, 5) is 0. The van der Waals surface area contributed by atoms with Crippen LogP contribution in [0, 0.1) is 19.8 Å². The molecule has 0 saturated heterocycles. The van der Waals surface area contributed by atoms with Gasteiger partial charge in [0.1, 0.15) is 0 Å². The number of hydrogen-bond donors (Lipinski definition) is 1. The van der Waals surface area contributed by atoms with E-state index in [9.17, 15) is 5.11 Å². The van der Waals surface area contributed by atoms with E-state index < -0.39 is 0 Å². The Labute approximate surface area is 91.9 Å². The van der Waals surface area contributed by atoms with E-state index in [0.29, 0.717) is 5.92 Å². The second-order valence-electron chi connectivity index (χ2n) is 4.91. The highest BCUT2D eigenvalue weighted by atomic mass is 16.3. The molecular formula is C13H21NO. The summed E-state index contributed by atoms with van der Waals surface area (Å²) >= 11 is 0. The summed E-state index contributed by atoms with van der Waals surface area (Å²) in [7, 11) is 0. The minimum absolute atomic E-state index is 0.0556. The van der Waals surface area contributed by atoms with Crippen LogP contribution < -0.4 is 0 Å². The summed E-state index contributed by atoms with van der Waals surface area (Å²) < 4.78 is 2.38. The molecule has 0 aliphatic heterocycles. The third-order valence-corrected chi connectivity index (χ3v) is 3.61. The standard InChI is InChI=1S/C13H21NO/c1-10-6-7-11(2)14(10)9-12-4-3-5-13(15)8-12/h6-7,12-13,15H,3-5,8-9H2,1-2H3. The summed E-state index contributed by atoms with van der Waals surface area (Å²) in [6.07, 6.45) is 4.39. The van der Waals surface area contributed by atoms with E-state index in [-0.39, 0.29) is 6.10 Å². The Hall–Kier alpha value is -0.760. The molecule has 1 aliphatic rings. The van der Waals surface area contributed by atoms with Crippen molar-refractivity contribution in [1.82, 2.24) is 4.57 Å². The van der Waals surface area contributed by atoms with Gasteiger partial charge < -0.3 is 9.67 Å². The molecule has 2 rings (SSSR count). The van der Waals surface area contributed by atoms with Gasteiger partial charge in [0.05, 0.1) is 6.10 Å². The number of nitrogens with zero attached hydrogens (tertiary/aromatic N) is 1. The van der Waals surface area contributed by atoms with Crippen LogP contribution in [0.15, 0.2) is 12.1 Å². The number of rotatable bonds is 2. The van der Waals surface area contributed by atoms with Crippen molar-refractivity contribution < 1.29 is 5.11 Å². The Morgan fingerprint density at radius 3 is 2.53 bits per heavy atom. The molecule has 1 aromatic heterocycles. The maximum atomic E-state index is 9.64. The second kappa shape index (κ2) is 4.40. The third-order valence-electron chi connectivity index (χ3n) is 3.61. The second-order valence-corrected chi connectivity index (χ2v) is 4.91. The molecule has 2 nitrogen and oxygen atoms in total. The first-order valence-electron chi connectivity index (χ1n) is 5.97. The largest absolute Gasteiger partial charge is 0.393 e. The third kappa shape index (κ3) is 2.43. The van der Waals surface area contributed by atoms with Crippen molar-refractivity contribution in [3.05, 3.63) is 23.5 Å². The lowest BCUT2D eigenvalue weighted by Crippen LogP contribution is -2.23. The molecule has 1 saturated carbocycles. The van der Waals surface area contributed by atoms with Crippen LogP contribution in [0.5, 0.6) is 0 Å². The number of aliphatic hydroxyl groups excluding tert-OH is 1. The van der Waals surface area contributed by atoms with Crippen molar-refractivity contribution in [3.8, 4) is 0 Å². The lowest BCUT2D eigenvalue weighted by molar-refractivity contribution is 0.0950. The fourth-order valence-corrected chi connectivity index (χ4v) is 2.67. The highest BCUT2D eigenvalue weighted by Gasteiger charge is 2.20. The van der Waals surface area contributed by atoms with Gasteiger partial charge in [-0.2, -0.15) is 0 Å². The molecule has 84 valence electrons. The molecule has 2 heteroatoms. The van der Waals surface area contributed by atoms with Gasteiger partial charge in [-0.15, -0.1) is 0 Å². The molecular weight excluding hydrogens is 186 g/mol. The molecule has 0 radical (unpaired) electrons. The maximum absolute atomic E-state index is 9.64. The molecule has 0 aromatic carbocycles. The van der Waals surface area contributed by atoms with Crippen molar-refractivity contribution in [3.63, 3.8) is 0 Å². The molecule has 0 amide bonds. The number of hydrogen-bond acceptors (Lipinski definition) is 1. The summed E-state index contributed by atoms with van der Waals surface area (Å²) in [5.74, 6) is 0.665. The molecule has 0 bridgehead atoms. The van der Waals surface area contributed by atoms with Gasteiger partial charge in [0, 0.05) is 17.9 Å². The van der Waals surface area contributed by atoms with Gasteiger partial charge in [-0.25, -0.2) is 0 Å². The zero-order valence-electron chi connectivity index (χ0n) is 9.74. The predicted molar refractivity (Wildman–Crippen MR) is 61.9 cm³/mol. The summed E-state index contributed by atoms with van der Waals surface area (Å²) in [6.45, 7) is 5.40. The quantitative estimate of drug-likeness (QED) is 0.792. The fourth-order valence-electron chi connectivity index (χ4n) is 2.67. The van der Waals surface area contributed by atoms with Crippen LogP contribution in [0.2, 0.25) is 0 Å². The van der Waals surface area contributed by atoms with Gasteiger partial charge in [-0.1, -0.05) is 6.42 Å². The van der Waals surface area contributed by atoms with Gasteiger partial charge in [0.25, 0.3) is 0 Å². The van der Waals surface area contributed by atoms with Crippen LogP contribution in [0.4, 0.5) is 0 Å². The number of aliphatic hydroxyl groups is 1. The predicted octanol–water partition coefficient (Wildman–Crippen LogP) is 2.66. The van der Waals surface area contributed by atoms with Crippen LogP contribution in [0.25, 0.3) is 0 Å². The molecule has 1 fully saturated rings. The van der Waals surface area contributed by atoms with Crippen molar-refractivity contribution in [2.24, 2.45) is 5.92 Å². The molecule has 1 N–H and O–H groups in total. The first-order valence-corrected chi connectivity index (χ1v) is 5.97. The van der Waals surface area contributed by atoms with Crippen LogP contribution in [0.3, 0.4) is 0 Å². The van der Waals surface area contributed by atoms with E-state index in [1.165, 1.54) is 24.2 Å². The molecule has 2 atom stereocenters. The lowest BCUT2D eigenvalue weighted by atomic mass is 9.87. The SMILES string of the molecule is Cc1ccc(C)n1CC1CCCC(O)C1. The highest BCUT2D eigenvalue weighted by molar-refractivity contribution is 5.13. The van der Waals surface area contributed by atoms with Gasteiger partial charge in [-0.3, -0.25) is 0 Å². The van der Waals surface area contributed by atoms with E-state index in [4.69, 9.17) is 0 Å². The van der Waals surface area contributed by atoms with Crippen molar-refractivity contribution >= 4 is 0 Å². The van der Waals surface area contributed by atoms with E-state index >= 15 is 0 Å². The highest BCUT2D eigenvalue weighted by Crippen LogP contribution is 2.26. The molecule has 1 aliphatic carbocycles. The lowest BCUT2D eigenvalue weighted by Gasteiger charge is -2.27. The first kappa shape index (κ1) is 10.7. The minimum Gasteiger partial charge on any atom is -0.393 e. The normalized spacial score (nSPS) is 26.9. The Morgan fingerprint density at radius 2 is 1.93 bits per heavy atom. The summed E-state index contributed by atoms with van der Waals surface area (Å²) in [5.41, 5.74) is 2.68. The van der Waals surface area contributed by atoms with E-state index in [0.717, 1.165) is 19.4 Å². The topological polar surface area (TPSA) is 25.2 Å². The molecule has 1 heterocycles. The molecule has 2 unspecified atom stereocenters. The molecule has 1 aromatic rings. The Bertz CT molecular complexity index is 310. The van der Waals surface area contributed by atoms with Gasteiger partial charge in [0.15, 0.2) is 0 Å². The van der Waals surface area contributed by atoms with Crippen molar-refractivity contribution in [1.29, 1.82) is 0 Å². The van der Waals surface area contributed by atoms with Crippen LogP contribution in [0.1, 0.15) is 37.1 Å². The van der Waals surface area contributed by atoms with Crippen LogP contribution >= 0.6 is 0 Å².